The van der Waals surface area contributed by atoms with Gasteiger partial charge in [-0.15, -0.1) is 0 Å². The number of rotatable bonds is 6. The van der Waals surface area contributed by atoms with E-state index in [4.69, 9.17) is 0 Å². The van der Waals surface area contributed by atoms with Gasteiger partial charge in [-0.25, -0.2) is 9.97 Å². The van der Waals surface area contributed by atoms with E-state index in [1.54, 1.807) is 0 Å². The zero-order valence-electron chi connectivity index (χ0n) is 12.8. The average Bonchev–Trinajstić information content (AvgIpc) is 2.49. The van der Waals surface area contributed by atoms with Crippen LogP contribution in [0.3, 0.4) is 0 Å². The van der Waals surface area contributed by atoms with Gasteiger partial charge < -0.3 is 15.7 Å². The van der Waals surface area contributed by atoms with Crippen LogP contribution in [0.25, 0.3) is 0 Å². The van der Waals surface area contributed by atoms with Crippen molar-refractivity contribution in [3.8, 4) is 0 Å². The van der Waals surface area contributed by atoms with E-state index in [-0.39, 0.29) is 0 Å². The monoisotopic (exact) mass is 356 g/mol. The van der Waals surface area contributed by atoms with Crippen molar-refractivity contribution in [3.63, 3.8) is 0 Å². The van der Waals surface area contributed by atoms with E-state index in [1.165, 1.54) is 12.7 Å². The molecule has 0 amide bonds. The van der Waals surface area contributed by atoms with E-state index in [9.17, 15) is 5.11 Å². The first-order valence-corrected chi connectivity index (χ1v) is 8.58. The summed E-state index contributed by atoms with van der Waals surface area (Å²) >= 11 is 3.51. The lowest BCUT2D eigenvalue weighted by Gasteiger charge is -2.36. The van der Waals surface area contributed by atoms with Gasteiger partial charge in [0.2, 0.25) is 0 Å². The number of hydrogen-bond donors (Lipinski definition) is 3. The number of nitrogens with zero attached hydrogens (tertiary/aromatic N) is 2. The van der Waals surface area contributed by atoms with E-state index in [1.807, 2.05) is 6.92 Å². The summed E-state index contributed by atoms with van der Waals surface area (Å²) < 4.78 is 0.817. The molecule has 1 aliphatic carbocycles. The maximum atomic E-state index is 10.7. The van der Waals surface area contributed by atoms with Crippen molar-refractivity contribution in [1.82, 2.24) is 9.97 Å². The Morgan fingerprint density at radius 2 is 1.86 bits per heavy atom. The maximum absolute atomic E-state index is 10.7. The number of aliphatic hydroxyl groups is 1. The number of aromatic nitrogens is 2. The predicted molar refractivity (Wildman–Crippen MR) is 89.6 cm³/mol. The van der Waals surface area contributed by atoms with Crippen LogP contribution in [-0.2, 0) is 0 Å². The van der Waals surface area contributed by atoms with Gasteiger partial charge in [-0.05, 0) is 54.5 Å². The van der Waals surface area contributed by atoms with E-state index < -0.39 is 5.60 Å². The van der Waals surface area contributed by atoms with Crippen molar-refractivity contribution >= 4 is 27.6 Å². The highest BCUT2D eigenvalue weighted by Gasteiger charge is 2.32. The molecule has 0 atom stereocenters. The number of hydrogen-bond acceptors (Lipinski definition) is 5. The molecule has 1 fully saturated rings. The predicted octanol–water partition coefficient (Wildman–Crippen LogP) is 3.41. The van der Waals surface area contributed by atoms with Gasteiger partial charge in [0.15, 0.2) is 0 Å². The molecule has 2 rings (SSSR count). The molecule has 1 heterocycles. The fraction of sp³-hybridized carbons (Fsp3) is 0.733. The molecule has 21 heavy (non-hydrogen) atoms. The van der Waals surface area contributed by atoms with Crippen molar-refractivity contribution in [2.45, 2.75) is 51.6 Å². The molecule has 0 aliphatic heterocycles. The smallest absolute Gasteiger partial charge is 0.146 e. The quantitative estimate of drug-likeness (QED) is 0.728. The van der Waals surface area contributed by atoms with Gasteiger partial charge in [-0.3, -0.25) is 0 Å². The molecule has 5 nitrogen and oxygen atoms in total. The number of nitrogens with one attached hydrogen (secondary N) is 2. The molecule has 0 bridgehead atoms. The highest BCUT2D eigenvalue weighted by molar-refractivity contribution is 9.10. The first kappa shape index (κ1) is 16.5. The van der Waals surface area contributed by atoms with Crippen molar-refractivity contribution in [2.75, 3.05) is 23.7 Å². The van der Waals surface area contributed by atoms with Crippen molar-refractivity contribution in [3.05, 3.63) is 10.8 Å². The highest BCUT2D eigenvalue weighted by Crippen LogP contribution is 2.34. The molecule has 0 spiro atoms. The Morgan fingerprint density at radius 3 is 2.43 bits per heavy atom. The summed E-state index contributed by atoms with van der Waals surface area (Å²) in [6.07, 6.45) is 6.70. The van der Waals surface area contributed by atoms with Crippen LogP contribution in [0, 0.1) is 5.92 Å². The third-order valence-electron chi connectivity index (χ3n) is 4.33. The van der Waals surface area contributed by atoms with E-state index >= 15 is 0 Å². The summed E-state index contributed by atoms with van der Waals surface area (Å²) in [4.78, 5) is 8.44. The molecule has 0 radical (unpaired) electrons. The van der Waals surface area contributed by atoms with Crippen LogP contribution >= 0.6 is 15.9 Å². The Kier molecular flexibility index (Phi) is 5.81. The Balaban J connectivity index is 1.95. The van der Waals surface area contributed by atoms with Gasteiger partial charge >= 0.3 is 0 Å². The topological polar surface area (TPSA) is 70.1 Å². The number of anilines is 2. The molecule has 1 aromatic rings. The van der Waals surface area contributed by atoms with E-state index in [0.29, 0.717) is 6.54 Å². The molecular formula is C15H25BrN4O. The summed E-state index contributed by atoms with van der Waals surface area (Å²) in [6.45, 7) is 5.59. The van der Waals surface area contributed by atoms with Gasteiger partial charge in [0, 0.05) is 13.1 Å². The SMILES string of the molecule is CCNc1ncnc(NCC2(O)CCC(CC)CC2)c1Br. The van der Waals surface area contributed by atoms with Gasteiger partial charge in [0.1, 0.15) is 22.4 Å². The first-order chi connectivity index (χ1) is 10.1. The molecule has 3 N–H and O–H groups in total. The lowest BCUT2D eigenvalue weighted by atomic mass is 9.78. The third kappa shape index (κ3) is 4.30. The minimum atomic E-state index is -0.617. The van der Waals surface area contributed by atoms with Crippen molar-refractivity contribution in [2.24, 2.45) is 5.92 Å². The normalized spacial score (nSPS) is 25.6. The van der Waals surface area contributed by atoms with Crippen LogP contribution in [0.4, 0.5) is 11.6 Å². The molecule has 118 valence electrons. The fourth-order valence-corrected chi connectivity index (χ4v) is 3.32. The second-order valence-electron chi connectivity index (χ2n) is 5.84. The molecule has 0 unspecified atom stereocenters. The molecule has 0 saturated heterocycles. The summed E-state index contributed by atoms with van der Waals surface area (Å²) in [6, 6.07) is 0. The van der Waals surface area contributed by atoms with Crippen molar-refractivity contribution < 1.29 is 5.11 Å². The van der Waals surface area contributed by atoms with Crippen LogP contribution in [-0.4, -0.2) is 33.8 Å². The zero-order valence-corrected chi connectivity index (χ0v) is 14.4. The molecule has 1 aliphatic rings. The van der Waals surface area contributed by atoms with Gasteiger partial charge in [0.25, 0.3) is 0 Å². The van der Waals surface area contributed by atoms with Crippen LogP contribution < -0.4 is 10.6 Å². The Morgan fingerprint density at radius 1 is 1.24 bits per heavy atom. The maximum Gasteiger partial charge on any atom is 0.146 e. The van der Waals surface area contributed by atoms with Crippen LogP contribution in [0.5, 0.6) is 0 Å². The third-order valence-corrected chi connectivity index (χ3v) is 5.08. The van der Waals surface area contributed by atoms with E-state index in [0.717, 1.165) is 54.3 Å². The molecule has 1 saturated carbocycles. The van der Waals surface area contributed by atoms with Crippen LogP contribution in [0.1, 0.15) is 46.0 Å². The lowest BCUT2D eigenvalue weighted by Crippen LogP contribution is -2.40. The summed E-state index contributed by atoms with van der Waals surface area (Å²) in [7, 11) is 0. The fourth-order valence-electron chi connectivity index (χ4n) is 2.83. The minimum Gasteiger partial charge on any atom is -0.388 e. The van der Waals surface area contributed by atoms with Crippen LogP contribution in [0.2, 0.25) is 0 Å². The number of halogens is 1. The minimum absolute atomic E-state index is 0.532. The second-order valence-corrected chi connectivity index (χ2v) is 6.64. The van der Waals surface area contributed by atoms with E-state index in [2.05, 4.69) is 43.5 Å². The average molecular weight is 357 g/mol. The largest absolute Gasteiger partial charge is 0.388 e. The zero-order chi connectivity index (χ0) is 15.3. The highest BCUT2D eigenvalue weighted by atomic mass is 79.9. The standard InChI is InChI=1S/C15H25BrN4O/c1-3-11-5-7-15(21,8-6-11)9-18-14-12(16)13(17-4-2)19-10-20-14/h10-11,21H,3-9H2,1-2H3,(H2,17,18,19,20). The van der Waals surface area contributed by atoms with Gasteiger partial charge in [-0.2, -0.15) is 0 Å². The Hall–Kier alpha value is -0.880. The Bertz CT molecular complexity index is 461. The van der Waals surface area contributed by atoms with Gasteiger partial charge in [0.05, 0.1) is 5.60 Å². The van der Waals surface area contributed by atoms with Crippen molar-refractivity contribution in [1.29, 1.82) is 0 Å². The van der Waals surface area contributed by atoms with Crippen LogP contribution in [0.15, 0.2) is 10.8 Å². The summed E-state index contributed by atoms with van der Waals surface area (Å²) in [5, 5.41) is 17.1. The summed E-state index contributed by atoms with van der Waals surface area (Å²) in [5.74, 6) is 2.28. The van der Waals surface area contributed by atoms with Gasteiger partial charge in [-0.1, -0.05) is 13.3 Å². The molecule has 1 aromatic heterocycles. The second kappa shape index (κ2) is 7.40. The lowest BCUT2D eigenvalue weighted by molar-refractivity contribution is 0.00222. The molecule has 0 aromatic carbocycles. The summed E-state index contributed by atoms with van der Waals surface area (Å²) in [5.41, 5.74) is -0.617. The molecule has 6 heteroatoms. The molecular weight excluding hydrogens is 332 g/mol. The first-order valence-electron chi connectivity index (χ1n) is 7.78. The Labute approximate surface area is 135 Å².